The zero-order chi connectivity index (χ0) is 21.3. The molecule has 2 aliphatic rings. The van der Waals surface area contributed by atoms with Gasteiger partial charge in [-0.3, -0.25) is 4.40 Å². The highest BCUT2D eigenvalue weighted by molar-refractivity contribution is 14.1. The van der Waals surface area contributed by atoms with Gasteiger partial charge in [-0.05, 0) is 75.3 Å². The summed E-state index contributed by atoms with van der Waals surface area (Å²) in [6.45, 7) is 10.7. The van der Waals surface area contributed by atoms with Gasteiger partial charge < -0.3 is 14.2 Å². The van der Waals surface area contributed by atoms with Gasteiger partial charge in [-0.2, -0.15) is 0 Å². The van der Waals surface area contributed by atoms with E-state index >= 15 is 0 Å². The summed E-state index contributed by atoms with van der Waals surface area (Å²) in [5, 5.41) is 0. The van der Waals surface area contributed by atoms with Crippen molar-refractivity contribution >= 4 is 56.6 Å². The number of halogens is 1. The first kappa shape index (κ1) is 21.0. The van der Waals surface area contributed by atoms with Crippen molar-refractivity contribution in [1.29, 1.82) is 0 Å². The van der Waals surface area contributed by atoms with E-state index in [9.17, 15) is 4.55 Å². The average Bonchev–Trinajstić information content (AvgIpc) is 3.37. The maximum atomic E-state index is 12.8. The average molecular weight is 541 g/mol. The monoisotopic (exact) mass is 541 g/mol. The lowest BCUT2D eigenvalue weighted by Gasteiger charge is -2.43. The Hall–Kier alpha value is -0.880. The second-order valence-corrected chi connectivity index (χ2v) is 12.8. The number of aromatic nitrogens is 3. The van der Waals surface area contributed by atoms with Crippen molar-refractivity contribution in [2.45, 2.75) is 57.4 Å². The molecule has 2 saturated heterocycles. The SMILES string of the molecule is C[C@@H]1OCC2(CCN(c3nc4ccc(I)c5ncc3n45)CC2)[C@@H]1N[S@+]([O-])C(C)(C)C. The Morgan fingerprint density at radius 1 is 1.30 bits per heavy atom. The number of anilines is 1. The Morgan fingerprint density at radius 3 is 2.73 bits per heavy atom. The molecule has 7 nitrogen and oxygen atoms in total. The first-order valence-corrected chi connectivity index (χ1v) is 12.7. The van der Waals surface area contributed by atoms with E-state index in [4.69, 9.17) is 9.72 Å². The largest absolute Gasteiger partial charge is 0.598 e. The summed E-state index contributed by atoms with van der Waals surface area (Å²) < 4.78 is 25.3. The smallest absolute Gasteiger partial charge is 0.157 e. The van der Waals surface area contributed by atoms with Gasteiger partial charge in [0.05, 0.1) is 28.5 Å². The van der Waals surface area contributed by atoms with E-state index in [1.165, 1.54) is 0 Å². The van der Waals surface area contributed by atoms with Crippen molar-refractivity contribution in [2.75, 3.05) is 24.6 Å². The number of ether oxygens (including phenoxy) is 1. The third-order valence-corrected chi connectivity index (χ3v) is 9.07. The van der Waals surface area contributed by atoms with Gasteiger partial charge in [-0.1, -0.05) is 0 Å². The lowest BCUT2D eigenvalue weighted by atomic mass is 9.73. The van der Waals surface area contributed by atoms with E-state index in [2.05, 4.69) is 60.7 Å². The predicted molar refractivity (Wildman–Crippen MR) is 129 cm³/mol. The molecule has 0 aromatic carbocycles. The fourth-order valence-electron chi connectivity index (χ4n) is 4.81. The number of hydrogen-bond acceptors (Lipinski definition) is 6. The van der Waals surface area contributed by atoms with Crippen LogP contribution in [0.4, 0.5) is 5.82 Å². The minimum atomic E-state index is -1.11. The molecule has 0 amide bonds. The van der Waals surface area contributed by atoms with E-state index in [1.54, 1.807) is 0 Å². The Labute approximate surface area is 193 Å². The fraction of sp³-hybridized carbons (Fsp3) is 0.619. The van der Waals surface area contributed by atoms with Crippen molar-refractivity contribution in [2.24, 2.45) is 5.41 Å². The Morgan fingerprint density at radius 2 is 2.03 bits per heavy atom. The minimum absolute atomic E-state index is 0.0188. The van der Waals surface area contributed by atoms with Crippen LogP contribution in [-0.4, -0.2) is 55.5 Å². The van der Waals surface area contributed by atoms with E-state index in [0.29, 0.717) is 0 Å². The molecule has 3 atom stereocenters. The zero-order valence-corrected chi connectivity index (χ0v) is 20.8. The van der Waals surface area contributed by atoms with Gasteiger partial charge >= 0.3 is 0 Å². The van der Waals surface area contributed by atoms with E-state index in [0.717, 1.165) is 58.7 Å². The highest BCUT2D eigenvalue weighted by Gasteiger charge is 2.52. The molecule has 0 bridgehead atoms. The second kappa shape index (κ2) is 7.33. The number of hydrogen-bond donors (Lipinski definition) is 1. The number of pyridine rings is 1. The van der Waals surface area contributed by atoms with Gasteiger partial charge in [-0.15, -0.1) is 4.72 Å². The molecule has 2 fully saturated rings. The lowest BCUT2D eigenvalue weighted by molar-refractivity contribution is 0.0973. The minimum Gasteiger partial charge on any atom is -0.598 e. The van der Waals surface area contributed by atoms with Gasteiger partial charge in [0, 0.05) is 29.9 Å². The van der Waals surface area contributed by atoms with Crippen LogP contribution in [0.5, 0.6) is 0 Å². The summed E-state index contributed by atoms with van der Waals surface area (Å²) in [5.74, 6) is 1.02. The Balaban J connectivity index is 1.38. The van der Waals surface area contributed by atoms with Crippen LogP contribution in [0.3, 0.4) is 0 Å². The van der Waals surface area contributed by atoms with Crippen molar-refractivity contribution in [3.05, 3.63) is 21.9 Å². The molecule has 1 spiro atoms. The molecule has 30 heavy (non-hydrogen) atoms. The third kappa shape index (κ3) is 3.28. The fourth-order valence-corrected chi connectivity index (χ4v) is 6.39. The van der Waals surface area contributed by atoms with Crippen LogP contribution in [0.1, 0.15) is 40.5 Å². The molecular formula is C21H28IN5O2S. The Kier molecular flexibility index (Phi) is 5.13. The summed E-state index contributed by atoms with van der Waals surface area (Å²) in [5.41, 5.74) is 3.02. The molecular weight excluding hydrogens is 513 g/mol. The molecule has 0 aliphatic carbocycles. The number of imidazole rings is 2. The van der Waals surface area contributed by atoms with Crippen LogP contribution in [0.15, 0.2) is 18.3 Å². The molecule has 5 rings (SSSR count). The van der Waals surface area contributed by atoms with Crippen molar-refractivity contribution < 1.29 is 9.29 Å². The molecule has 3 aromatic heterocycles. The van der Waals surface area contributed by atoms with E-state index < -0.39 is 11.4 Å². The normalized spacial score (nSPS) is 25.7. The third-order valence-electron chi connectivity index (χ3n) is 6.64. The highest BCUT2D eigenvalue weighted by atomic mass is 127. The zero-order valence-electron chi connectivity index (χ0n) is 17.8. The van der Waals surface area contributed by atoms with Crippen molar-refractivity contribution in [3.8, 4) is 0 Å². The van der Waals surface area contributed by atoms with E-state index in [-0.39, 0.29) is 22.3 Å². The number of nitrogens with one attached hydrogen (secondary N) is 1. The standard InChI is InChI=1S/C21H28IN5O2S/c1-13-17(25-30(28)20(2,3)4)21(12-29-13)7-9-26(10-8-21)19-15-11-23-18-14(22)5-6-16(24-19)27(15)18/h5-6,11,13,17,25H,7-10,12H2,1-4H3/t13-,17+,30+/m0/s1. The maximum absolute atomic E-state index is 12.8. The van der Waals surface area contributed by atoms with Gasteiger partial charge in [0.2, 0.25) is 0 Å². The van der Waals surface area contributed by atoms with E-state index in [1.807, 2.05) is 27.0 Å². The van der Waals surface area contributed by atoms with Crippen molar-refractivity contribution in [3.63, 3.8) is 0 Å². The molecule has 0 radical (unpaired) electrons. The molecule has 3 aromatic rings. The van der Waals surface area contributed by atoms with Crippen LogP contribution >= 0.6 is 22.6 Å². The maximum Gasteiger partial charge on any atom is 0.157 e. The van der Waals surface area contributed by atoms with Crippen LogP contribution in [-0.2, 0) is 16.1 Å². The summed E-state index contributed by atoms with van der Waals surface area (Å²) in [4.78, 5) is 11.9. The molecule has 0 unspecified atom stereocenters. The van der Waals surface area contributed by atoms with Crippen LogP contribution in [0, 0.1) is 8.99 Å². The van der Waals surface area contributed by atoms with Crippen molar-refractivity contribution in [1.82, 2.24) is 19.1 Å². The predicted octanol–water partition coefficient (Wildman–Crippen LogP) is 3.35. The number of nitrogens with zero attached hydrogens (tertiary/aromatic N) is 4. The quantitative estimate of drug-likeness (QED) is 0.405. The molecule has 2 aliphatic heterocycles. The number of rotatable bonds is 3. The Bertz CT molecular complexity index is 1060. The highest BCUT2D eigenvalue weighted by Crippen LogP contribution is 2.44. The second-order valence-electron chi connectivity index (χ2n) is 9.62. The number of piperidine rings is 1. The molecule has 9 heteroatoms. The lowest BCUT2D eigenvalue weighted by Crippen LogP contribution is -2.56. The molecule has 162 valence electrons. The molecule has 5 heterocycles. The first-order chi connectivity index (χ1) is 14.2. The first-order valence-electron chi connectivity index (χ1n) is 10.5. The topological polar surface area (TPSA) is 77.8 Å². The van der Waals surface area contributed by atoms with Gasteiger partial charge in [0.15, 0.2) is 11.5 Å². The van der Waals surface area contributed by atoms with Gasteiger partial charge in [0.1, 0.15) is 15.9 Å². The van der Waals surface area contributed by atoms with Crippen LogP contribution in [0.2, 0.25) is 0 Å². The van der Waals surface area contributed by atoms with Crippen LogP contribution in [0.25, 0.3) is 16.8 Å². The van der Waals surface area contributed by atoms with Gasteiger partial charge in [-0.25, -0.2) is 9.97 Å². The van der Waals surface area contributed by atoms with Crippen LogP contribution < -0.4 is 9.62 Å². The molecule has 0 saturated carbocycles. The summed E-state index contributed by atoms with van der Waals surface area (Å²) in [6.07, 6.45) is 3.98. The van der Waals surface area contributed by atoms with Gasteiger partial charge in [0.25, 0.3) is 0 Å². The summed E-state index contributed by atoms with van der Waals surface area (Å²) >= 11 is 1.22. The summed E-state index contributed by atoms with van der Waals surface area (Å²) in [7, 11) is 0. The molecule has 1 N–H and O–H groups in total. The summed E-state index contributed by atoms with van der Waals surface area (Å²) in [6, 6.07) is 4.24.